The standard InChI is InChI=1S/C30H45NO5SSi/c1-10-35-30(32)23(8)28-19-37(33,26-14-12-11-13-15-26)31-29-24(16-25(34-9)17-27(28)29)18-36-38(20(2)3,21(4)5)22(6)7/h11-17,20-23,28H,10,18-19H2,1-9H3/t23?,28-,37?/m0/s1. The van der Waals surface area contributed by atoms with E-state index in [0.717, 1.165) is 11.1 Å². The van der Waals surface area contributed by atoms with Crippen molar-refractivity contribution >= 4 is 30.1 Å². The minimum absolute atomic E-state index is 0.236. The zero-order valence-electron chi connectivity index (χ0n) is 24.4. The molecular weight excluding hydrogens is 514 g/mol. The molecule has 2 aromatic carbocycles. The van der Waals surface area contributed by atoms with E-state index < -0.39 is 24.3 Å². The van der Waals surface area contributed by atoms with E-state index in [0.29, 0.717) is 46.2 Å². The van der Waals surface area contributed by atoms with Crippen molar-refractivity contribution in [1.82, 2.24) is 0 Å². The first-order valence-electron chi connectivity index (χ1n) is 13.7. The van der Waals surface area contributed by atoms with Gasteiger partial charge in [0, 0.05) is 11.5 Å². The van der Waals surface area contributed by atoms with Gasteiger partial charge in [0.15, 0.2) is 0 Å². The number of fused-ring (bicyclic) bond motifs is 1. The Morgan fingerprint density at radius 3 is 2.18 bits per heavy atom. The summed E-state index contributed by atoms with van der Waals surface area (Å²) in [7, 11) is -3.38. The fourth-order valence-corrected chi connectivity index (χ4v) is 14.0. The van der Waals surface area contributed by atoms with Crippen LogP contribution in [0.15, 0.2) is 51.7 Å². The zero-order chi connectivity index (χ0) is 28.3. The fraction of sp³-hybridized carbons (Fsp3) is 0.567. The van der Waals surface area contributed by atoms with E-state index in [2.05, 4.69) is 41.5 Å². The maximum atomic E-state index is 14.5. The molecule has 210 valence electrons. The van der Waals surface area contributed by atoms with Crippen molar-refractivity contribution in [3.05, 3.63) is 53.6 Å². The Morgan fingerprint density at radius 1 is 1.05 bits per heavy atom. The molecule has 6 nitrogen and oxygen atoms in total. The van der Waals surface area contributed by atoms with Gasteiger partial charge in [-0.2, -0.15) is 0 Å². The van der Waals surface area contributed by atoms with Crippen LogP contribution in [-0.2, 0) is 30.7 Å². The summed E-state index contributed by atoms with van der Waals surface area (Å²) in [6.45, 7) is 17.9. The van der Waals surface area contributed by atoms with E-state index in [4.69, 9.17) is 18.3 Å². The first-order valence-corrected chi connectivity index (χ1v) is 17.5. The lowest BCUT2D eigenvalue weighted by atomic mass is 9.86. The Labute approximate surface area is 231 Å². The van der Waals surface area contributed by atoms with Crippen LogP contribution < -0.4 is 4.74 Å². The summed E-state index contributed by atoms with van der Waals surface area (Å²) < 4.78 is 37.5. The molecule has 3 rings (SSSR count). The molecule has 2 aromatic rings. The van der Waals surface area contributed by atoms with Gasteiger partial charge in [0.05, 0.1) is 26.2 Å². The summed E-state index contributed by atoms with van der Waals surface area (Å²) in [5, 5.41) is 0. The quantitative estimate of drug-likeness (QED) is 0.159. The lowest BCUT2D eigenvalue weighted by Gasteiger charge is -2.42. The number of hydrogen-bond acceptors (Lipinski definition) is 6. The molecule has 0 saturated heterocycles. The molecule has 1 aliphatic rings. The molecule has 0 radical (unpaired) electrons. The Balaban J connectivity index is 2.22. The van der Waals surface area contributed by atoms with Gasteiger partial charge in [-0.3, -0.25) is 4.79 Å². The van der Waals surface area contributed by atoms with E-state index in [1.165, 1.54) is 0 Å². The van der Waals surface area contributed by atoms with Crippen LogP contribution in [-0.4, -0.2) is 38.3 Å². The highest BCUT2D eigenvalue weighted by Crippen LogP contribution is 2.48. The average Bonchev–Trinajstić information content (AvgIpc) is 2.88. The summed E-state index contributed by atoms with van der Waals surface area (Å²) in [6.07, 6.45) is 0. The molecule has 0 bridgehead atoms. The highest BCUT2D eigenvalue weighted by atomic mass is 32.3. The number of benzene rings is 2. The normalized spacial score (nSPS) is 20.3. The van der Waals surface area contributed by atoms with Gasteiger partial charge < -0.3 is 18.5 Å². The smallest absolute Gasteiger partial charge is 0.309 e. The van der Waals surface area contributed by atoms with Crippen LogP contribution in [0.25, 0.3) is 0 Å². The van der Waals surface area contributed by atoms with E-state index in [1.807, 2.05) is 49.4 Å². The van der Waals surface area contributed by atoms with Crippen LogP contribution in [0.4, 0.5) is 5.69 Å². The molecule has 2 unspecified atom stereocenters. The lowest BCUT2D eigenvalue weighted by Crippen LogP contribution is -2.47. The van der Waals surface area contributed by atoms with Gasteiger partial charge in [0.25, 0.3) is 0 Å². The van der Waals surface area contributed by atoms with Crippen LogP contribution in [0.3, 0.4) is 0 Å². The largest absolute Gasteiger partial charge is 0.626 e. The summed E-state index contributed by atoms with van der Waals surface area (Å²) in [4.78, 5) is 13.6. The zero-order valence-corrected chi connectivity index (χ0v) is 26.3. The topological polar surface area (TPSA) is 80.2 Å². The van der Waals surface area contributed by atoms with E-state index in [9.17, 15) is 9.35 Å². The summed E-state index contributed by atoms with van der Waals surface area (Å²) in [5.74, 6) is -0.222. The van der Waals surface area contributed by atoms with Crippen LogP contribution in [0.2, 0.25) is 16.6 Å². The number of carbonyl (C=O) groups is 1. The number of ether oxygens (including phenoxy) is 2. The highest BCUT2D eigenvalue weighted by molar-refractivity contribution is 8.00. The number of rotatable bonds is 11. The molecule has 1 heterocycles. The molecule has 8 heteroatoms. The van der Waals surface area contributed by atoms with Crippen molar-refractivity contribution in [3.63, 3.8) is 0 Å². The lowest BCUT2D eigenvalue weighted by molar-refractivity contribution is -0.148. The first kappa shape index (κ1) is 30.5. The minimum atomic E-state index is -2.84. The van der Waals surface area contributed by atoms with Crippen molar-refractivity contribution in [2.24, 2.45) is 10.3 Å². The average molecular weight is 560 g/mol. The molecule has 0 aliphatic carbocycles. The number of methoxy groups -OCH3 is 1. The third kappa shape index (κ3) is 5.93. The molecule has 0 spiro atoms. The van der Waals surface area contributed by atoms with Crippen molar-refractivity contribution < 1.29 is 23.2 Å². The predicted octanol–water partition coefficient (Wildman–Crippen LogP) is 7.84. The van der Waals surface area contributed by atoms with Crippen LogP contribution in [0.5, 0.6) is 5.75 Å². The summed E-state index contributed by atoms with van der Waals surface area (Å²) >= 11 is 0. The van der Waals surface area contributed by atoms with Gasteiger partial charge in [-0.15, -0.1) is 4.36 Å². The van der Waals surface area contributed by atoms with Crippen LogP contribution in [0.1, 0.15) is 72.4 Å². The van der Waals surface area contributed by atoms with Gasteiger partial charge in [-0.25, -0.2) is 0 Å². The first-order chi connectivity index (χ1) is 17.9. The second kappa shape index (κ2) is 12.5. The molecule has 0 saturated carbocycles. The van der Waals surface area contributed by atoms with E-state index in [1.54, 1.807) is 14.0 Å². The SMILES string of the molecule is CCOC(=O)C(C)[C@@H]1C[S+]([O-])(c2ccccc2)=Nc2c(CO[Si](C(C)C)(C(C)C)C(C)C)cc(OC)cc21. The second-order valence-electron chi connectivity index (χ2n) is 11.2. The number of nitrogens with zero attached hydrogens (tertiary/aromatic N) is 1. The van der Waals surface area contributed by atoms with Crippen molar-refractivity contribution in [2.45, 2.75) is 89.4 Å². The Bertz CT molecular complexity index is 1140. The Morgan fingerprint density at radius 2 is 1.66 bits per heavy atom. The van der Waals surface area contributed by atoms with Crippen molar-refractivity contribution in [1.29, 1.82) is 0 Å². The maximum Gasteiger partial charge on any atom is 0.309 e. The third-order valence-electron chi connectivity index (χ3n) is 8.03. The van der Waals surface area contributed by atoms with Gasteiger partial charge in [-0.05, 0) is 63.5 Å². The monoisotopic (exact) mass is 559 g/mol. The molecule has 0 amide bonds. The van der Waals surface area contributed by atoms with E-state index >= 15 is 0 Å². The van der Waals surface area contributed by atoms with Crippen LogP contribution in [0, 0.1) is 5.92 Å². The maximum absolute atomic E-state index is 14.5. The van der Waals surface area contributed by atoms with Gasteiger partial charge in [0.2, 0.25) is 8.32 Å². The fourth-order valence-electron chi connectivity index (χ4n) is 6.16. The molecule has 38 heavy (non-hydrogen) atoms. The molecule has 0 N–H and O–H groups in total. The number of carbonyl (C=O) groups excluding carboxylic acids is 1. The number of esters is 1. The van der Waals surface area contributed by atoms with Crippen molar-refractivity contribution in [3.8, 4) is 5.75 Å². The highest BCUT2D eigenvalue weighted by Gasteiger charge is 2.46. The van der Waals surface area contributed by atoms with Gasteiger partial charge in [0.1, 0.15) is 22.1 Å². The molecule has 0 fully saturated rings. The van der Waals surface area contributed by atoms with Gasteiger partial charge in [-0.1, -0.05) is 66.7 Å². The minimum Gasteiger partial charge on any atom is -0.626 e. The van der Waals surface area contributed by atoms with Crippen molar-refractivity contribution in [2.75, 3.05) is 19.5 Å². The summed E-state index contributed by atoms with van der Waals surface area (Å²) in [5.41, 5.74) is 3.64. The Hall–Kier alpha value is -2.00. The predicted molar refractivity (Wildman–Crippen MR) is 157 cm³/mol. The number of hydrogen-bond donors (Lipinski definition) is 0. The molecule has 1 aliphatic heterocycles. The van der Waals surface area contributed by atoms with Gasteiger partial charge >= 0.3 is 5.97 Å². The second-order valence-corrected chi connectivity index (χ2v) is 18.9. The third-order valence-corrected chi connectivity index (χ3v) is 16.4. The van der Waals surface area contributed by atoms with Crippen LogP contribution >= 0.6 is 0 Å². The molecule has 3 atom stereocenters. The Kier molecular flexibility index (Phi) is 10.0. The van der Waals surface area contributed by atoms with E-state index in [-0.39, 0.29) is 17.6 Å². The molecule has 0 aromatic heterocycles. The molecular formula is C30H45NO5SSi. The summed E-state index contributed by atoms with van der Waals surface area (Å²) in [6, 6.07) is 13.3.